The fourth-order valence-corrected chi connectivity index (χ4v) is 2.06. The van der Waals surface area contributed by atoms with Crippen LogP contribution in [0.5, 0.6) is 11.5 Å². The summed E-state index contributed by atoms with van der Waals surface area (Å²) in [7, 11) is 1.73. The maximum Gasteiger partial charge on any atom is 0.257 e. The smallest absolute Gasteiger partial charge is 0.257 e. The lowest BCUT2D eigenvalue weighted by atomic mass is 9.85. The van der Waals surface area contributed by atoms with Gasteiger partial charge in [-0.25, -0.2) is 0 Å². The lowest BCUT2D eigenvalue weighted by Crippen LogP contribution is -2.34. The Hall–Kier alpha value is -1.71. The third-order valence-electron chi connectivity index (χ3n) is 3.35. The maximum absolute atomic E-state index is 12.0. The van der Waals surface area contributed by atoms with Crippen molar-refractivity contribution in [2.75, 3.05) is 13.6 Å². The molecular weight excluding hydrogens is 218 g/mol. The van der Waals surface area contributed by atoms with Gasteiger partial charge in [0.1, 0.15) is 0 Å². The summed E-state index contributed by atoms with van der Waals surface area (Å²) in [5.74, 6) is -0.250. The first-order valence-electron chi connectivity index (χ1n) is 5.86. The zero-order chi connectivity index (χ0) is 12.4. The molecule has 0 saturated heterocycles. The molecule has 92 valence electrons. The molecule has 0 spiro atoms. The fraction of sp³-hybridized carbons (Fsp3) is 0.462. The van der Waals surface area contributed by atoms with Crippen LogP contribution >= 0.6 is 0 Å². The molecule has 4 heteroatoms. The van der Waals surface area contributed by atoms with Crippen LogP contribution in [0.15, 0.2) is 18.2 Å². The number of aromatic hydroxyl groups is 2. The molecule has 1 fully saturated rings. The van der Waals surface area contributed by atoms with Gasteiger partial charge in [0, 0.05) is 13.6 Å². The average molecular weight is 235 g/mol. The Balaban J connectivity index is 2.09. The molecule has 2 N–H and O–H groups in total. The SMILES string of the molecule is CN(CC1CCC1)C(=O)c1cccc(O)c1O. The van der Waals surface area contributed by atoms with Crippen molar-refractivity contribution in [3.8, 4) is 11.5 Å². The molecule has 4 nitrogen and oxygen atoms in total. The van der Waals surface area contributed by atoms with E-state index in [1.807, 2.05) is 0 Å². The molecule has 0 aliphatic heterocycles. The van der Waals surface area contributed by atoms with E-state index in [1.54, 1.807) is 18.0 Å². The topological polar surface area (TPSA) is 60.8 Å². The summed E-state index contributed by atoms with van der Waals surface area (Å²) in [6.07, 6.45) is 3.58. The third-order valence-corrected chi connectivity index (χ3v) is 3.35. The number of phenolic OH excluding ortho intramolecular Hbond substituents is 2. The molecule has 2 rings (SSSR count). The predicted octanol–water partition coefficient (Wildman–Crippen LogP) is 1.97. The Morgan fingerprint density at radius 2 is 2.12 bits per heavy atom. The van der Waals surface area contributed by atoms with Gasteiger partial charge < -0.3 is 15.1 Å². The number of carbonyl (C=O) groups excluding carboxylic acids is 1. The summed E-state index contributed by atoms with van der Waals surface area (Å²) >= 11 is 0. The number of carbonyl (C=O) groups is 1. The van der Waals surface area contributed by atoms with E-state index in [-0.39, 0.29) is 23.0 Å². The van der Waals surface area contributed by atoms with E-state index >= 15 is 0 Å². The van der Waals surface area contributed by atoms with Crippen LogP contribution in [0.25, 0.3) is 0 Å². The molecule has 1 aromatic rings. The van der Waals surface area contributed by atoms with Crippen LogP contribution in [-0.4, -0.2) is 34.6 Å². The zero-order valence-electron chi connectivity index (χ0n) is 9.89. The van der Waals surface area contributed by atoms with Crippen LogP contribution in [0.2, 0.25) is 0 Å². The van der Waals surface area contributed by atoms with Gasteiger partial charge in [0.25, 0.3) is 5.91 Å². The maximum atomic E-state index is 12.0. The minimum atomic E-state index is -0.335. The normalized spacial score (nSPS) is 15.4. The highest BCUT2D eigenvalue weighted by Crippen LogP contribution is 2.30. The number of phenols is 2. The lowest BCUT2D eigenvalue weighted by molar-refractivity contribution is 0.0741. The molecule has 17 heavy (non-hydrogen) atoms. The van der Waals surface area contributed by atoms with Gasteiger partial charge in [-0.3, -0.25) is 4.79 Å². The van der Waals surface area contributed by atoms with E-state index in [4.69, 9.17) is 0 Å². The average Bonchev–Trinajstić information content (AvgIpc) is 2.26. The summed E-state index contributed by atoms with van der Waals surface area (Å²) in [6, 6.07) is 4.44. The Bertz CT molecular complexity index is 427. The first-order valence-corrected chi connectivity index (χ1v) is 5.86. The molecule has 1 saturated carbocycles. The highest BCUT2D eigenvalue weighted by molar-refractivity contribution is 5.97. The lowest BCUT2D eigenvalue weighted by Gasteiger charge is -2.30. The zero-order valence-corrected chi connectivity index (χ0v) is 9.89. The van der Waals surface area contributed by atoms with Crippen molar-refractivity contribution in [2.24, 2.45) is 5.92 Å². The van der Waals surface area contributed by atoms with Crippen LogP contribution in [0.1, 0.15) is 29.6 Å². The summed E-state index contributed by atoms with van der Waals surface area (Å²) < 4.78 is 0. The van der Waals surface area contributed by atoms with Gasteiger partial charge in [-0.1, -0.05) is 12.5 Å². The van der Waals surface area contributed by atoms with Gasteiger partial charge in [-0.2, -0.15) is 0 Å². The number of nitrogens with zero attached hydrogens (tertiary/aromatic N) is 1. The standard InChI is InChI=1S/C13H17NO3/c1-14(8-9-4-2-5-9)13(17)10-6-3-7-11(15)12(10)16/h3,6-7,9,15-16H,2,4-5,8H2,1H3. The summed E-state index contributed by atoms with van der Waals surface area (Å²) in [6.45, 7) is 0.716. The van der Waals surface area contributed by atoms with E-state index in [1.165, 1.54) is 31.4 Å². The van der Waals surface area contributed by atoms with Crippen molar-refractivity contribution in [2.45, 2.75) is 19.3 Å². The number of rotatable bonds is 3. The van der Waals surface area contributed by atoms with E-state index in [0.29, 0.717) is 12.5 Å². The highest BCUT2D eigenvalue weighted by Gasteiger charge is 2.23. The van der Waals surface area contributed by atoms with Crippen molar-refractivity contribution < 1.29 is 15.0 Å². The van der Waals surface area contributed by atoms with Crippen LogP contribution in [0.3, 0.4) is 0 Å². The monoisotopic (exact) mass is 235 g/mol. The summed E-state index contributed by atoms with van der Waals surface area (Å²) in [5, 5.41) is 19.0. The Morgan fingerprint density at radius 1 is 1.41 bits per heavy atom. The predicted molar refractivity (Wildman–Crippen MR) is 64.1 cm³/mol. The second kappa shape index (κ2) is 4.65. The van der Waals surface area contributed by atoms with Gasteiger partial charge in [-0.15, -0.1) is 0 Å². The molecule has 0 bridgehead atoms. The van der Waals surface area contributed by atoms with Gasteiger partial charge in [0.2, 0.25) is 0 Å². The number of amides is 1. The Kier molecular flexibility index (Phi) is 3.22. The van der Waals surface area contributed by atoms with Crippen molar-refractivity contribution in [1.82, 2.24) is 4.90 Å². The second-order valence-electron chi connectivity index (χ2n) is 4.66. The first kappa shape index (κ1) is 11.8. The molecule has 0 aromatic heterocycles. The Labute approximate surface area is 100 Å². The van der Waals surface area contributed by atoms with Gasteiger partial charge >= 0.3 is 0 Å². The highest BCUT2D eigenvalue weighted by atomic mass is 16.3. The number of benzene rings is 1. The number of hydrogen-bond donors (Lipinski definition) is 2. The second-order valence-corrected chi connectivity index (χ2v) is 4.66. The van der Waals surface area contributed by atoms with E-state index in [9.17, 15) is 15.0 Å². The minimum absolute atomic E-state index is 0.159. The van der Waals surface area contributed by atoms with Crippen LogP contribution in [0.4, 0.5) is 0 Å². The van der Waals surface area contributed by atoms with E-state index in [0.717, 1.165) is 0 Å². The van der Waals surface area contributed by atoms with E-state index < -0.39 is 0 Å². The third kappa shape index (κ3) is 2.35. The van der Waals surface area contributed by atoms with Crippen molar-refractivity contribution in [3.63, 3.8) is 0 Å². The molecule has 1 amide bonds. The largest absolute Gasteiger partial charge is 0.504 e. The van der Waals surface area contributed by atoms with Gasteiger partial charge in [-0.05, 0) is 30.9 Å². The summed E-state index contributed by atoms with van der Waals surface area (Å²) in [5.41, 5.74) is 0.159. The molecule has 1 aliphatic rings. The molecule has 1 aromatic carbocycles. The molecule has 1 aliphatic carbocycles. The minimum Gasteiger partial charge on any atom is -0.504 e. The first-order chi connectivity index (χ1) is 8.09. The molecule has 0 radical (unpaired) electrons. The Morgan fingerprint density at radius 3 is 2.71 bits per heavy atom. The van der Waals surface area contributed by atoms with Gasteiger partial charge in [0.05, 0.1) is 5.56 Å². The van der Waals surface area contributed by atoms with Gasteiger partial charge in [0.15, 0.2) is 11.5 Å². The van der Waals surface area contributed by atoms with Crippen molar-refractivity contribution in [1.29, 1.82) is 0 Å². The van der Waals surface area contributed by atoms with Crippen LogP contribution in [-0.2, 0) is 0 Å². The van der Waals surface area contributed by atoms with Crippen molar-refractivity contribution >= 4 is 5.91 Å². The number of hydrogen-bond acceptors (Lipinski definition) is 3. The van der Waals surface area contributed by atoms with Crippen LogP contribution in [0, 0.1) is 5.92 Å². The molecule has 0 heterocycles. The summed E-state index contributed by atoms with van der Waals surface area (Å²) in [4.78, 5) is 13.7. The molecule has 0 unspecified atom stereocenters. The molecular formula is C13H17NO3. The fourth-order valence-electron chi connectivity index (χ4n) is 2.06. The van der Waals surface area contributed by atoms with Crippen molar-refractivity contribution in [3.05, 3.63) is 23.8 Å². The molecule has 0 atom stereocenters. The number of para-hydroxylation sites is 1. The van der Waals surface area contributed by atoms with Crippen LogP contribution < -0.4 is 0 Å². The van der Waals surface area contributed by atoms with E-state index in [2.05, 4.69) is 0 Å². The quantitative estimate of drug-likeness (QED) is 0.787.